The van der Waals surface area contributed by atoms with Crippen LogP contribution < -0.4 is 14.8 Å². The second-order valence-corrected chi connectivity index (χ2v) is 4.51. The van der Waals surface area contributed by atoms with Gasteiger partial charge in [0.25, 0.3) is 0 Å². The van der Waals surface area contributed by atoms with Gasteiger partial charge in [0, 0.05) is 31.2 Å². The van der Waals surface area contributed by atoms with E-state index in [1.807, 2.05) is 24.7 Å². The SMILES string of the molecule is COc1ccc(NC(C)c2nccn2C)cc1OC(F)F. The number of rotatable bonds is 6. The average molecular weight is 297 g/mol. The number of hydrogen-bond donors (Lipinski definition) is 1. The van der Waals surface area contributed by atoms with E-state index in [0.717, 1.165) is 5.82 Å². The van der Waals surface area contributed by atoms with Gasteiger partial charge in [-0.1, -0.05) is 0 Å². The first-order valence-corrected chi connectivity index (χ1v) is 6.38. The number of imidazole rings is 1. The van der Waals surface area contributed by atoms with Crippen molar-refractivity contribution in [3.8, 4) is 11.5 Å². The van der Waals surface area contributed by atoms with E-state index in [9.17, 15) is 8.78 Å². The number of benzene rings is 1. The zero-order valence-corrected chi connectivity index (χ0v) is 12.0. The third-order valence-corrected chi connectivity index (χ3v) is 3.01. The number of hydrogen-bond acceptors (Lipinski definition) is 4. The molecule has 5 nitrogen and oxygen atoms in total. The van der Waals surface area contributed by atoms with Crippen molar-refractivity contribution in [2.24, 2.45) is 7.05 Å². The molecule has 0 aliphatic heterocycles. The second kappa shape index (κ2) is 6.43. The highest BCUT2D eigenvalue weighted by Crippen LogP contribution is 2.32. The standard InChI is InChI=1S/C14H17F2N3O2/c1-9(13-17-6-7-19(13)2)18-10-4-5-11(20-3)12(8-10)21-14(15)16/h4-9,14,18H,1-3H3. The van der Waals surface area contributed by atoms with Gasteiger partial charge in [0.1, 0.15) is 5.82 Å². The van der Waals surface area contributed by atoms with Crippen LogP contribution in [-0.2, 0) is 7.05 Å². The maximum atomic E-state index is 12.4. The zero-order valence-electron chi connectivity index (χ0n) is 12.0. The summed E-state index contributed by atoms with van der Waals surface area (Å²) in [6.45, 7) is -0.971. The van der Waals surface area contributed by atoms with Gasteiger partial charge in [-0.05, 0) is 19.1 Å². The second-order valence-electron chi connectivity index (χ2n) is 4.51. The van der Waals surface area contributed by atoms with Crippen molar-refractivity contribution in [3.63, 3.8) is 0 Å². The van der Waals surface area contributed by atoms with Gasteiger partial charge in [0.15, 0.2) is 11.5 Å². The van der Waals surface area contributed by atoms with Crippen LogP contribution >= 0.6 is 0 Å². The number of anilines is 1. The zero-order chi connectivity index (χ0) is 15.4. The van der Waals surface area contributed by atoms with Crippen molar-refractivity contribution in [2.45, 2.75) is 19.6 Å². The predicted molar refractivity (Wildman–Crippen MR) is 74.9 cm³/mol. The summed E-state index contributed by atoms with van der Waals surface area (Å²) in [6.07, 6.45) is 3.54. The van der Waals surface area contributed by atoms with Gasteiger partial charge < -0.3 is 19.4 Å². The fourth-order valence-electron chi connectivity index (χ4n) is 2.06. The number of alkyl halides is 2. The topological polar surface area (TPSA) is 48.3 Å². The van der Waals surface area contributed by atoms with E-state index in [2.05, 4.69) is 15.0 Å². The van der Waals surface area contributed by atoms with E-state index in [1.54, 1.807) is 18.3 Å². The fourth-order valence-corrected chi connectivity index (χ4v) is 2.06. The third kappa shape index (κ3) is 3.62. The van der Waals surface area contributed by atoms with Crippen molar-refractivity contribution in [3.05, 3.63) is 36.4 Å². The molecule has 2 aromatic rings. The lowest BCUT2D eigenvalue weighted by atomic mass is 10.2. The molecule has 0 amide bonds. The number of nitrogens with one attached hydrogen (secondary N) is 1. The molecule has 0 spiro atoms. The van der Waals surface area contributed by atoms with Gasteiger partial charge >= 0.3 is 6.61 Å². The summed E-state index contributed by atoms with van der Waals surface area (Å²) in [4.78, 5) is 4.24. The molecule has 2 rings (SSSR count). The monoisotopic (exact) mass is 297 g/mol. The summed E-state index contributed by atoms with van der Waals surface area (Å²) in [5.74, 6) is 1.08. The molecule has 7 heteroatoms. The van der Waals surface area contributed by atoms with Crippen LogP contribution in [0.1, 0.15) is 18.8 Å². The van der Waals surface area contributed by atoms with E-state index in [0.29, 0.717) is 5.69 Å². The van der Waals surface area contributed by atoms with Crippen molar-refractivity contribution >= 4 is 5.69 Å². The maximum Gasteiger partial charge on any atom is 0.387 e. The van der Waals surface area contributed by atoms with E-state index in [-0.39, 0.29) is 17.5 Å². The molecule has 114 valence electrons. The first-order chi connectivity index (χ1) is 10.0. The van der Waals surface area contributed by atoms with Gasteiger partial charge in [0.05, 0.1) is 13.2 Å². The lowest BCUT2D eigenvalue weighted by Gasteiger charge is -2.17. The minimum absolute atomic E-state index is 0.00968. The Balaban J connectivity index is 2.18. The van der Waals surface area contributed by atoms with Crippen molar-refractivity contribution in [1.82, 2.24) is 9.55 Å². The first kappa shape index (κ1) is 15.1. The van der Waals surface area contributed by atoms with Gasteiger partial charge in [0.2, 0.25) is 0 Å². The summed E-state index contributed by atoms with van der Waals surface area (Å²) in [7, 11) is 3.29. The molecule has 0 aliphatic rings. The molecule has 1 aromatic carbocycles. The largest absolute Gasteiger partial charge is 0.493 e. The van der Waals surface area contributed by atoms with Crippen molar-refractivity contribution < 1.29 is 18.3 Å². The molecule has 1 heterocycles. The molecule has 0 fully saturated rings. The summed E-state index contributed by atoms with van der Waals surface area (Å²) >= 11 is 0. The summed E-state index contributed by atoms with van der Waals surface area (Å²) in [6, 6.07) is 4.70. The van der Waals surface area contributed by atoms with Crippen LogP contribution in [0.25, 0.3) is 0 Å². The number of aryl methyl sites for hydroxylation is 1. The first-order valence-electron chi connectivity index (χ1n) is 6.38. The molecule has 0 saturated carbocycles. The van der Waals surface area contributed by atoms with Crippen molar-refractivity contribution in [1.29, 1.82) is 0 Å². The van der Waals surface area contributed by atoms with Gasteiger partial charge in [-0.25, -0.2) is 4.98 Å². The van der Waals surface area contributed by atoms with E-state index < -0.39 is 6.61 Å². The van der Waals surface area contributed by atoms with Crippen LogP contribution in [-0.4, -0.2) is 23.3 Å². The van der Waals surface area contributed by atoms with Crippen LogP contribution in [0.5, 0.6) is 11.5 Å². The smallest absolute Gasteiger partial charge is 0.387 e. The van der Waals surface area contributed by atoms with E-state index in [4.69, 9.17) is 4.74 Å². The highest BCUT2D eigenvalue weighted by molar-refractivity contribution is 5.55. The number of nitrogens with zero attached hydrogens (tertiary/aromatic N) is 2. The minimum atomic E-state index is -2.90. The summed E-state index contributed by atoms with van der Waals surface area (Å²) in [5, 5.41) is 3.19. The molecule has 0 saturated heterocycles. The summed E-state index contributed by atoms with van der Waals surface area (Å²) in [5.41, 5.74) is 0.641. The molecule has 0 bridgehead atoms. The minimum Gasteiger partial charge on any atom is -0.493 e. The maximum absolute atomic E-state index is 12.4. The van der Waals surface area contributed by atoms with Crippen molar-refractivity contribution in [2.75, 3.05) is 12.4 Å². The van der Waals surface area contributed by atoms with Gasteiger partial charge in [-0.3, -0.25) is 0 Å². The lowest BCUT2D eigenvalue weighted by Crippen LogP contribution is -2.12. The Morgan fingerprint density at radius 2 is 2.05 bits per heavy atom. The Kier molecular flexibility index (Phi) is 4.62. The molecule has 1 unspecified atom stereocenters. The normalized spacial score (nSPS) is 12.3. The number of ether oxygens (including phenoxy) is 2. The molecule has 1 N–H and O–H groups in total. The summed E-state index contributed by atoms with van der Waals surface area (Å²) < 4.78 is 36.1. The fraction of sp³-hybridized carbons (Fsp3) is 0.357. The molecular formula is C14H17F2N3O2. The van der Waals surface area contributed by atoms with Crippen LogP contribution in [0.15, 0.2) is 30.6 Å². The molecule has 0 aliphatic carbocycles. The predicted octanol–water partition coefficient (Wildman–Crippen LogP) is 3.20. The van der Waals surface area contributed by atoms with Crippen LogP contribution in [0.4, 0.5) is 14.5 Å². The van der Waals surface area contributed by atoms with Gasteiger partial charge in [-0.15, -0.1) is 0 Å². The number of halogens is 2. The quantitative estimate of drug-likeness (QED) is 0.889. The Morgan fingerprint density at radius 3 is 2.62 bits per heavy atom. The molecule has 1 atom stereocenters. The van der Waals surface area contributed by atoms with E-state index >= 15 is 0 Å². The van der Waals surface area contributed by atoms with E-state index in [1.165, 1.54) is 13.2 Å². The molecule has 1 aromatic heterocycles. The Morgan fingerprint density at radius 1 is 1.29 bits per heavy atom. The van der Waals surface area contributed by atoms with Gasteiger partial charge in [-0.2, -0.15) is 8.78 Å². The highest BCUT2D eigenvalue weighted by Gasteiger charge is 2.14. The third-order valence-electron chi connectivity index (χ3n) is 3.01. The molecule has 0 radical (unpaired) electrons. The average Bonchev–Trinajstić information content (AvgIpc) is 2.85. The van der Waals surface area contributed by atoms with Crippen LogP contribution in [0.3, 0.4) is 0 Å². The highest BCUT2D eigenvalue weighted by atomic mass is 19.3. The number of methoxy groups -OCH3 is 1. The molecular weight excluding hydrogens is 280 g/mol. The van der Waals surface area contributed by atoms with Crippen LogP contribution in [0.2, 0.25) is 0 Å². The Hall–Kier alpha value is -2.31. The Bertz CT molecular complexity index is 602. The Labute approximate surface area is 121 Å². The number of aromatic nitrogens is 2. The van der Waals surface area contributed by atoms with Crippen LogP contribution in [0, 0.1) is 0 Å². The molecule has 21 heavy (non-hydrogen) atoms. The lowest BCUT2D eigenvalue weighted by molar-refractivity contribution is -0.0511.